The van der Waals surface area contributed by atoms with Gasteiger partial charge in [-0.1, -0.05) is 0 Å². The van der Waals surface area contributed by atoms with E-state index in [4.69, 9.17) is 0 Å². The highest BCUT2D eigenvalue weighted by Crippen LogP contribution is 2.26. The first-order valence-corrected chi connectivity index (χ1v) is 9.43. The topological polar surface area (TPSA) is 109 Å². The monoisotopic (exact) mass is 385 g/mol. The van der Waals surface area contributed by atoms with Gasteiger partial charge in [-0.2, -0.15) is 0 Å². The number of nitrogens with zero attached hydrogens (tertiary/aromatic N) is 4. The summed E-state index contributed by atoms with van der Waals surface area (Å²) in [6, 6.07) is 6.98. The Hall–Kier alpha value is -2.94. The summed E-state index contributed by atoms with van der Waals surface area (Å²) in [6.07, 6.45) is 1.43. The number of aliphatic hydroxyl groups is 1. The van der Waals surface area contributed by atoms with E-state index in [9.17, 15) is 19.5 Å². The average molecular weight is 385 g/mol. The van der Waals surface area contributed by atoms with Crippen LogP contribution in [0.25, 0.3) is 11.4 Å². The van der Waals surface area contributed by atoms with Crippen molar-refractivity contribution >= 4 is 17.5 Å². The molecule has 2 N–H and O–H groups in total. The van der Waals surface area contributed by atoms with Crippen LogP contribution in [0.4, 0.5) is 5.69 Å². The maximum Gasteiger partial charge on any atom is 0.346 e. The summed E-state index contributed by atoms with van der Waals surface area (Å²) in [5.74, 6) is -0.0437. The highest BCUT2D eigenvalue weighted by Gasteiger charge is 2.31. The molecule has 28 heavy (non-hydrogen) atoms. The molecule has 2 atom stereocenters. The van der Waals surface area contributed by atoms with Crippen molar-refractivity contribution in [3.8, 4) is 11.4 Å². The minimum Gasteiger partial charge on any atom is -0.396 e. The highest BCUT2D eigenvalue weighted by molar-refractivity contribution is 5.99. The van der Waals surface area contributed by atoms with Crippen LogP contribution in [0.1, 0.15) is 25.3 Å². The zero-order valence-corrected chi connectivity index (χ0v) is 15.7. The molecular weight excluding hydrogens is 362 g/mol. The summed E-state index contributed by atoms with van der Waals surface area (Å²) in [6.45, 7) is 1.94. The number of carbonyl (C=O) groups is 2. The van der Waals surface area contributed by atoms with Crippen molar-refractivity contribution in [2.75, 3.05) is 24.6 Å². The number of carbonyl (C=O) groups excluding carboxylic acids is 2. The Morgan fingerprint density at radius 3 is 2.57 bits per heavy atom. The average Bonchev–Trinajstić information content (AvgIpc) is 3.28. The predicted octanol–water partition coefficient (Wildman–Crippen LogP) is 0.0451. The van der Waals surface area contributed by atoms with Crippen LogP contribution in [0.15, 0.2) is 29.1 Å². The Morgan fingerprint density at radius 2 is 1.93 bits per heavy atom. The molecule has 2 unspecified atom stereocenters. The van der Waals surface area contributed by atoms with Crippen LogP contribution in [0.2, 0.25) is 0 Å². The zero-order chi connectivity index (χ0) is 19.8. The molecule has 2 aliphatic rings. The van der Waals surface area contributed by atoms with E-state index in [2.05, 4.69) is 15.3 Å². The van der Waals surface area contributed by atoms with Crippen molar-refractivity contribution in [1.29, 1.82) is 0 Å². The third-order valence-corrected chi connectivity index (χ3v) is 5.54. The number of aromatic nitrogens is 3. The first-order valence-electron chi connectivity index (χ1n) is 9.43. The fraction of sp³-hybridized carbons (Fsp3) is 0.474. The van der Waals surface area contributed by atoms with E-state index in [1.165, 1.54) is 4.57 Å². The summed E-state index contributed by atoms with van der Waals surface area (Å²) < 4.78 is 2.58. The number of rotatable bonds is 4. The predicted molar refractivity (Wildman–Crippen MR) is 102 cm³/mol. The molecule has 0 spiro atoms. The number of hydrogen-bond donors (Lipinski definition) is 2. The lowest BCUT2D eigenvalue weighted by Gasteiger charge is -2.19. The minimum absolute atomic E-state index is 0.189. The zero-order valence-electron chi connectivity index (χ0n) is 15.7. The standard InChI is InChI=1S/C19H23N5O4/c1-22-17(21-24(19(22)28)15-6-7-16(26)20-18(15)27)13-2-4-14(5-3-13)23-9-8-12(10-23)11-25/h2-5,12,15,25H,6-11H2,1H3,(H,20,26,27). The van der Waals surface area contributed by atoms with Crippen molar-refractivity contribution in [2.45, 2.75) is 25.3 Å². The molecule has 9 heteroatoms. The Bertz CT molecular complexity index is 962. The fourth-order valence-corrected chi connectivity index (χ4v) is 3.86. The van der Waals surface area contributed by atoms with Crippen molar-refractivity contribution < 1.29 is 14.7 Å². The molecule has 1 aromatic carbocycles. The third-order valence-electron chi connectivity index (χ3n) is 5.54. The van der Waals surface area contributed by atoms with Crippen molar-refractivity contribution in [1.82, 2.24) is 19.7 Å². The van der Waals surface area contributed by atoms with Crippen LogP contribution in [-0.2, 0) is 16.6 Å². The SMILES string of the molecule is Cn1c(-c2ccc(N3CCC(CO)C3)cc2)nn(C2CCC(=O)NC2=O)c1=O. The second-order valence-electron chi connectivity index (χ2n) is 7.41. The molecule has 2 aromatic rings. The largest absolute Gasteiger partial charge is 0.396 e. The van der Waals surface area contributed by atoms with Gasteiger partial charge in [0.15, 0.2) is 5.82 Å². The van der Waals surface area contributed by atoms with Gasteiger partial charge >= 0.3 is 5.69 Å². The summed E-state index contributed by atoms with van der Waals surface area (Å²) >= 11 is 0. The van der Waals surface area contributed by atoms with E-state index in [1.807, 2.05) is 24.3 Å². The smallest absolute Gasteiger partial charge is 0.346 e. The van der Waals surface area contributed by atoms with E-state index in [0.717, 1.165) is 35.4 Å². The number of hydrogen-bond acceptors (Lipinski definition) is 6. The Balaban J connectivity index is 1.59. The molecule has 2 aliphatic heterocycles. The van der Waals surface area contributed by atoms with Crippen LogP contribution in [0.5, 0.6) is 0 Å². The summed E-state index contributed by atoms with van der Waals surface area (Å²) in [5.41, 5.74) is 1.44. The second-order valence-corrected chi connectivity index (χ2v) is 7.41. The fourth-order valence-electron chi connectivity index (χ4n) is 3.86. The number of amides is 2. The first-order chi connectivity index (χ1) is 13.5. The molecule has 0 saturated carbocycles. The Morgan fingerprint density at radius 1 is 1.18 bits per heavy atom. The van der Waals surface area contributed by atoms with Crippen LogP contribution in [0.3, 0.4) is 0 Å². The van der Waals surface area contributed by atoms with E-state index in [1.54, 1.807) is 7.05 Å². The van der Waals surface area contributed by atoms with Gasteiger partial charge in [0.25, 0.3) is 5.91 Å². The number of nitrogens with one attached hydrogen (secondary N) is 1. The van der Waals surface area contributed by atoms with E-state index in [-0.39, 0.29) is 31.0 Å². The molecule has 3 heterocycles. The number of aliphatic hydroxyl groups excluding tert-OH is 1. The van der Waals surface area contributed by atoms with Gasteiger partial charge in [-0.15, -0.1) is 5.10 Å². The summed E-state index contributed by atoms with van der Waals surface area (Å²) in [7, 11) is 1.62. The van der Waals surface area contributed by atoms with E-state index in [0.29, 0.717) is 11.7 Å². The lowest BCUT2D eigenvalue weighted by atomic mass is 10.1. The molecule has 2 saturated heterocycles. The molecule has 0 bridgehead atoms. The Labute approximate surface area is 161 Å². The molecule has 4 rings (SSSR count). The molecule has 148 valence electrons. The molecule has 9 nitrogen and oxygen atoms in total. The summed E-state index contributed by atoms with van der Waals surface area (Å²) in [5, 5.41) is 15.9. The van der Waals surface area contributed by atoms with Crippen LogP contribution in [0, 0.1) is 5.92 Å². The van der Waals surface area contributed by atoms with Crippen LogP contribution < -0.4 is 15.9 Å². The first kappa shape index (κ1) is 18.4. The lowest BCUT2D eigenvalue weighted by molar-refractivity contribution is -0.136. The number of benzene rings is 1. The third kappa shape index (κ3) is 3.22. The van der Waals surface area contributed by atoms with Gasteiger partial charge in [0.2, 0.25) is 5.91 Å². The molecular formula is C19H23N5O4. The van der Waals surface area contributed by atoms with Gasteiger partial charge in [-0.3, -0.25) is 19.5 Å². The van der Waals surface area contributed by atoms with Crippen molar-refractivity contribution in [3.05, 3.63) is 34.7 Å². The van der Waals surface area contributed by atoms with Gasteiger partial charge in [0.05, 0.1) is 0 Å². The lowest BCUT2D eigenvalue weighted by Crippen LogP contribution is -2.44. The van der Waals surface area contributed by atoms with E-state index < -0.39 is 11.9 Å². The van der Waals surface area contributed by atoms with Crippen molar-refractivity contribution in [3.63, 3.8) is 0 Å². The van der Waals surface area contributed by atoms with Gasteiger partial charge in [-0.25, -0.2) is 9.48 Å². The normalized spacial score (nSPS) is 22.6. The Kier molecular flexibility index (Phi) is 4.76. The summed E-state index contributed by atoms with van der Waals surface area (Å²) in [4.78, 5) is 38.3. The van der Waals surface area contributed by atoms with Gasteiger partial charge < -0.3 is 10.0 Å². The van der Waals surface area contributed by atoms with Crippen LogP contribution in [-0.4, -0.2) is 51.0 Å². The van der Waals surface area contributed by atoms with Gasteiger partial charge in [-0.05, 0) is 37.1 Å². The minimum atomic E-state index is -0.774. The molecule has 1 aromatic heterocycles. The van der Waals surface area contributed by atoms with E-state index >= 15 is 0 Å². The number of imide groups is 1. The molecule has 0 radical (unpaired) electrons. The van der Waals surface area contributed by atoms with Gasteiger partial charge in [0, 0.05) is 50.3 Å². The maximum absolute atomic E-state index is 12.6. The van der Waals surface area contributed by atoms with Crippen molar-refractivity contribution in [2.24, 2.45) is 13.0 Å². The molecule has 2 fully saturated rings. The quantitative estimate of drug-likeness (QED) is 0.720. The molecule has 0 aliphatic carbocycles. The molecule has 2 amide bonds. The maximum atomic E-state index is 12.6. The van der Waals surface area contributed by atoms with Crippen LogP contribution >= 0.6 is 0 Å². The highest BCUT2D eigenvalue weighted by atomic mass is 16.3. The number of piperidine rings is 1. The number of anilines is 1. The van der Waals surface area contributed by atoms with Gasteiger partial charge in [0.1, 0.15) is 6.04 Å². The second kappa shape index (κ2) is 7.23.